The molecule has 1 N–H and O–H groups in total. The number of benzene rings is 2. The van der Waals surface area contributed by atoms with Crippen molar-refractivity contribution in [2.75, 3.05) is 12.4 Å². The van der Waals surface area contributed by atoms with Crippen molar-refractivity contribution >= 4 is 5.69 Å². The number of methoxy groups -OCH3 is 1. The minimum absolute atomic E-state index is 0.580. The minimum Gasteiger partial charge on any atom is -0.495 e. The van der Waals surface area contributed by atoms with Crippen LogP contribution in [0.1, 0.15) is 30.9 Å². The maximum atomic E-state index is 5.32. The number of ether oxygens (including phenoxy) is 1. The van der Waals surface area contributed by atoms with Gasteiger partial charge in [0, 0.05) is 6.54 Å². The van der Waals surface area contributed by atoms with Crippen molar-refractivity contribution in [3.63, 3.8) is 0 Å². The van der Waals surface area contributed by atoms with Crippen molar-refractivity contribution in [3.05, 3.63) is 59.7 Å². The zero-order valence-electron chi connectivity index (χ0n) is 11.8. The van der Waals surface area contributed by atoms with E-state index < -0.39 is 0 Å². The Hall–Kier alpha value is -1.96. The molecule has 0 fully saturated rings. The van der Waals surface area contributed by atoms with Gasteiger partial charge in [0.1, 0.15) is 5.75 Å². The summed E-state index contributed by atoms with van der Waals surface area (Å²) in [4.78, 5) is 0. The third kappa shape index (κ3) is 3.50. The van der Waals surface area contributed by atoms with Crippen molar-refractivity contribution in [2.45, 2.75) is 26.3 Å². The second-order valence-electron chi connectivity index (χ2n) is 4.95. The van der Waals surface area contributed by atoms with Crippen molar-refractivity contribution in [3.8, 4) is 5.75 Å². The average Bonchev–Trinajstić information content (AvgIpc) is 2.45. The summed E-state index contributed by atoms with van der Waals surface area (Å²) in [6.45, 7) is 5.23. The number of nitrogens with one attached hydrogen (secondary N) is 1. The van der Waals surface area contributed by atoms with Gasteiger partial charge in [-0.05, 0) is 29.2 Å². The minimum atomic E-state index is 0.580. The number of hydrogen-bond acceptors (Lipinski definition) is 2. The zero-order chi connectivity index (χ0) is 13.7. The lowest BCUT2D eigenvalue weighted by Gasteiger charge is -2.11. The largest absolute Gasteiger partial charge is 0.495 e. The van der Waals surface area contributed by atoms with Gasteiger partial charge >= 0.3 is 0 Å². The van der Waals surface area contributed by atoms with E-state index in [-0.39, 0.29) is 0 Å². The molecule has 100 valence electrons. The van der Waals surface area contributed by atoms with Crippen molar-refractivity contribution < 1.29 is 4.74 Å². The summed E-state index contributed by atoms with van der Waals surface area (Å²) in [6, 6.07) is 16.7. The highest BCUT2D eigenvalue weighted by atomic mass is 16.5. The molecule has 2 aromatic carbocycles. The predicted octanol–water partition coefficient (Wildman–Crippen LogP) is 4.43. The third-order valence-corrected chi connectivity index (χ3v) is 3.24. The molecule has 19 heavy (non-hydrogen) atoms. The number of para-hydroxylation sites is 2. The average molecular weight is 255 g/mol. The van der Waals surface area contributed by atoms with Gasteiger partial charge in [0.15, 0.2) is 0 Å². The Labute approximate surface area is 115 Å². The normalized spacial score (nSPS) is 10.5. The van der Waals surface area contributed by atoms with E-state index in [4.69, 9.17) is 4.74 Å². The van der Waals surface area contributed by atoms with Gasteiger partial charge in [0.05, 0.1) is 12.8 Å². The molecule has 0 aromatic heterocycles. The van der Waals surface area contributed by atoms with E-state index in [2.05, 4.69) is 43.4 Å². The summed E-state index contributed by atoms with van der Waals surface area (Å²) in [5, 5.41) is 3.40. The molecule has 0 atom stereocenters. The Balaban J connectivity index is 2.02. The van der Waals surface area contributed by atoms with E-state index in [0.29, 0.717) is 5.92 Å². The Morgan fingerprint density at radius 1 is 1.00 bits per heavy atom. The highest BCUT2D eigenvalue weighted by Crippen LogP contribution is 2.23. The molecule has 0 heterocycles. The van der Waals surface area contributed by atoms with Crippen LogP contribution < -0.4 is 10.1 Å². The van der Waals surface area contributed by atoms with Crippen LogP contribution in [0.15, 0.2) is 48.5 Å². The molecular formula is C17H21NO. The van der Waals surface area contributed by atoms with Gasteiger partial charge in [-0.1, -0.05) is 50.2 Å². The molecule has 0 bridgehead atoms. The Bertz CT molecular complexity index is 517. The first-order valence-corrected chi connectivity index (χ1v) is 6.66. The van der Waals surface area contributed by atoms with Crippen LogP contribution in [0.5, 0.6) is 5.75 Å². The first-order valence-electron chi connectivity index (χ1n) is 6.66. The van der Waals surface area contributed by atoms with Gasteiger partial charge in [0.2, 0.25) is 0 Å². The maximum Gasteiger partial charge on any atom is 0.141 e. The molecule has 0 saturated carbocycles. The third-order valence-electron chi connectivity index (χ3n) is 3.24. The summed E-state index contributed by atoms with van der Waals surface area (Å²) in [5.74, 6) is 1.46. The number of hydrogen-bond donors (Lipinski definition) is 1. The summed E-state index contributed by atoms with van der Waals surface area (Å²) < 4.78 is 5.32. The highest BCUT2D eigenvalue weighted by molar-refractivity contribution is 5.56. The second-order valence-corrected chi connectivity index (χ2v) is 4.95. The van der Waals surface area contributed by atoms with E-state index in [0.717, 1.165) is 18.0 Å². The van der Waals surface area contributed by atoms with Gasteiger partial charge in [-0.15, -0.1) is 0 Å². The van der Waals surface area contributed by atoms with Crippen molar-refractivity contribution in [2.24, 2.45) is 0 Å². The van der Waals surface area contributed by atoms with Crippen LogP contribution in [0.4, 0.5) is 5.69 Å². The van der Waals surface area contributed by atoms with Gasteiger partial charge in [-0.3, -0.25) is 0 Å². The smallest absolute Gasteiger partial charge is 0.141 e. The lowest BCUT2D eigenvalue weighted by molar-refractivity contribution is 0.416. The van der Waals surface area contributed by atoms with Crippen LogP contribution in [-0.4, -0.2) is 7.11 Å². The van der Waals surface area contributed by atoms with E-state index in [1.807, 2.05) is 24.3 Å². The standard InChI is InChI=1S/C17H21NO/c1-13(2)15-10-8-14(9-11-15)12-18-16-6-4-5-7-17(16)19-3/h4-11,13,18H,12H2,1-3H3. The quantitative estimate of drug-likeness (QED) is 0.853. The Morgan fingerprint density at radius 2 is 1.68 bits per heavy atom. The second kappa shape index (κ2) is 6.28. The van der Waals surface area contributed by atoms with Gasteiger partial charge < -0.3 is 10.1 Å². The summed E-state index contributed by atoms with van der Waals surface area (Å²) in [5.41, 5.74) is 3.68. The van der Waals surface area contributed by atoms with Crippen molar-refractivity contribution in [1.29, 1.82) is 0 Å². The SMILES string of the molecule is COc1ccccc1NCc1ccc(C(C)C)cc1. The highest BCUT2D eigenvalue weighted by Gasteiger charge is 2.02. The fourth-order valence-electron chi connectivity index (χ4n) is 2.01. The van der Waals surface area contributed by atoms with Gasteiger partial charge in [-0.25, -0.2) is 0 Å². The number of anilines is 1. The van der Waals surface area contributed by atoms with Gasteiger partial charge in [0.25, 0.3) is 0 Å². The molecular weight excluding hydrogens is 234 g/mol. The van der Waals surface area contributed by atoms with E-state index in [1.165, 1.54) is 11.1 Å². The molecule has 0 spiro atoms. The van der Waals surface area contributed by atoms with Crippen LogP contribution in [0.25, 0.3) is 0 Å². The molecule has 0 radical (unpaired) electrons. The van der Waals surface area contributed by atoms with Crippen LogP contribution in [0.3, 0.4) is 0 Å². The fourth-order valence-corrected chi connectivity index (χ4v) is 2.01. The van der Waals surface area contributed by atoms with E-state index in [9.17, 15) is 0 Å². The molecule has 0 aliphatic rings. The summed E-state index contributed by atoms with van der Waals surface area (Å²) in [7, 11) is 1.69. The van der Waals surface area contributed by atoms with E-state index in [1.54, 1.807) is 7.11 Å². The lowest BCUT2D eigenvalue weighted by atomic mass is 10.0. The Morgan fingerprint density at radius 3 is 2.32 bits per heavy atom. The number of rotatable bonds is 5. The summed E-state index contributed by atoms with van der Waals surface area (Å²) in [6.07, 6.45) is 0. The fraction of sp³-hybridized carbons (Fsp3) is 0.294. The van der Waals surface area contributed by atoms with Crippen LogP contribution in [-0.2, 0) is 6.54 Å². The molecule has 2 heteroatoms. The molecule has 0 aliphatic carbocycles. The lowest BCUT2D eigenvalue weighted by Crippen LogP contribution is -2.01. The molecule has 0 amide bonds. The predicted molar refractivity (Wildman–Crippen MR) is 80.9 cm³/mol. The van der Waals surface area contributed by atoms with Gasteiger partial charge in [-0.2, -0.15) is 0 Å². The van der Waals surface area contributed by atoms with Crippen LogP contribution in [0, 0.1) is 0 Å². The molecule has 0 unspecified atom stereocenters. The topological polar surface area (TPSA) is 21.3 Å². The first-order chi connectivity index (χ1) is 9.20. The first kappa shape index (κ1) is 13.5. The summed E-state index contributed by atoms with van der Waals surface area (Å²) >= 11 is 0. The maximum absolute atomic E-state index is 5.32. The molecule has 0 aliphatic heterocycles. The molecule has 2 rings (SSSR count). The van der Waals surface area contributed by atoms with Crippen molar-refractivity contribution in [1.82, 2.24) is 0 Å². The molecule has 2 aromatic rings. The molecule has 2 nitrogen and oxygen atoms in total. The monoisotopic (exact) mass is 255 g/mol. The Kier molecular flexibility index (Phi) is 4.45. The van der Waals surface area contributed by atoms with Crippen LogP contribution in [0.2, 0.25) is 0 Å². The van der Waals surface area contributed by atoms with E-state index >= 15 is 0 Å². The molecule has 0 saturated heterocycles. The van der Waals surface area contributed by atoms with Crippen LogP contribution >= 0.6 is 0 Å². The zero-order valence-corrected chi connectivity index (χ0v) is 11.8.